The third-order valence-corrected chi connectivity index (χ3v) is 4.43. The van der Waals surface area contributed by atoms with Gasteiger partial charge >= 0.3 is 0 Å². The minimum Gasteiger partial charge on any atom is -0.489 e. The average Bonchev–Trinajstić information content (AvgIpc) is 2.74. The van der Waals surface area contributed by atoms with Crippen LogP contribution in [0.4, 0.5) is 0 Å². The first-order valence-electron chi connectivity index (χ1n) is 9.20. The van der Waals surface area contributed by atoms with E-state index in [2.05, 4.69) is 34.9 Å². The summed E-state index contributed by atoms with van der Waals surface area (Å²) in [5.74, 6) is 0.539. The highest BCUT2D eigenvalue weighted by Crippen LogP contribution is 2.21. The fourth-order valence-corrected chi connectivity index (χ4v) is 2.76. The predicted octanol–water partition coefficient (Wildman–Crippen LogP) is 4.10. The summed E-state index contributed by atoms with van der Waals surface area (Å²) in [4.78, 5) is 12.2. The highest BCUT2D eigenvalue weighted by Gasteiger charge is 2.06. The number of thiocarbonyl (C=S) groups is 1. The molecule has 0 aliphatic carbocycles. The summed E-state index contributed by atoms with van der Waals surface area (Å²) in [5.41, 5.74) is 7.67. The van der Waals surface area contributed by atoms with E-state index in [1.807, 2.05) is 49.4 Å². The number of rotatable bonds is 6. The zero-order valence-corrected chi connectivity index (χ0v) is 17.0. The van der Waals surface area contributed by atoms with Gasteiger partial charge in [0.2, 0.25) is 0 Å². The molecule has 3 aromatic carbocycles. The van der Waals surface area contributed by atoms with Crippen molar-refractivity contribution in [1.29, 1.82) is 0 Å². The van der Waals surface area contributed by atoms with Crippen LogP contribution in [0, 0.1) is 0 Å². The van der Waals surface area contributed by atoms with Crippen molar-refractivity contribution >= 4 is 34.0 Å². The number of benzene rings is 3. The quantitative estimate of drug-likeness (QED) is 0.327. The summed E-state index contributed by atoms with van der Waals surface area (Å²) in [6.45, 7) is 6.64. The molecule has 0 aliphatic rings. The number of fused-ring (bicyclic) bond motifs is 1. The molecule has 0 fully saturated rings. The Morgan fingerprint density at radius 2 is 1.72 bits per heavy atom. The van der Waals surface area contributed by atoms with Gasteiger partial charge in [-0.15, -0.1) is 0 Å². The summed E-state index contributed by atoms with van der Waals surface area (Å²) in [7, 11) is 0. The largest absolute Gasteiger partial charge is 0.489 e. The predicted molar refractivity (Wildman–Crippen MR) is 121 cm³/mol. The number of amides is 1. The normalized spacial score (nSPS) is 10.2. The first-order valence-corrected chi connectivity index (χ1v) is 9.61. The van der Waals surface area contributed by atoms with Crippen LogP contribution in [0.5, 0.6) is 5.75 Å². The highest BCUT2D eigenvalue weighted by molar-refractivity contribution is 7.80. The van der Waals surface area contributed by atoms with Crippen LogP contribution in [0.25, 0.3) is 10.8 Å². The molecule has 3 aromatic rings. The topological polar surface area (TPSA) is 62.4 Å². The molecule has 0 bridgehead atoms. The summed E-state index contributed by atoms with van der Waals surface area (Å²) in [5, 5.41) is 5.58. The molecule has 6 heteroatoms. The van der Waals surface area contributed by atoms with E-state index in [4.69, 9.17) is 17.0 Å². The third kappa shape index (κ3) is 6.05. The van der Waals surface area contributed by atoms with Crippen LogP contribution in [-0.2, 0) is 6.61 Å². The van der Waals surface area contributed by atoms with Crippen LogP contribution in [-0.4, -0.2) is 17.6 Å². The molecule has 0 radical (unpaired) electrons. The number of carbonyl (C=O) groups excluding carboxylic acids is 1. The van der Waals surface area contributed by atoms with Gasteiger partial charge in [-0.25, -0.2) is 0 Å². The van der Waals surface area contributed by atoms with Crippen molar-refractivity contribution in [3.8, 4) is 5.75 Å². The van der Waals surface area contributed by atoms with Crippen molar-refractivity contribution in [1.82, 2.24) is 16.2 Å². The lowest BCUT2D eigenvalue weighted by molar-refractivity contribution is 0.0943. The van der Waals surface area contributed by atoms with E-state index >= 15 is 0 Å². The summed E-state index contributed by atoms with van der Waals surface area (Å²) in [6, 6.07) is 21.4. The van der Waals surface area contributed by atoms with Crippen molar-refractivity contribution in [2.45, 2.75) is 13.5 Å². The van der Waals surface area contributed by atoms with E-state index in [0.717, 1.165) is 22.3 Å². The first kappa shape index (κ1) is 20.4. The standard InChI is InChI=1S/C23H23N3O2S/c1-16(2)14-24-23(29)26-25-22(27)19-9-7-17(8-10-19)15-28-21-12-11-18-5-3-4-6-20(18)13-21/h3-13H,1,14-15H2,2H3,(H,25,27)(H2,24,26,29). The van der Waals surface area contributed by atoms with Gasteiger partial charge in [0.1, 0.15) is 12.4 Å². The molecular formula is C23H23N3O2S. The average molecular weight is 406 g/mol. The zero-order valence-electron chi connectivity index (χ0n) is 16.2. The van der Waals surface area contributed by atoms with Crippen LogP contribution >= 0.6 is 12.2 Å². The van der Waals surface area contributed by atoms with Crippen LogP contribution in [0.1, 0.15) is 22.8 Å². The Balaban J connectivity index is 1.50. The lowest BCUT2D eigenvalue weighted by atomic mass is 10.1. The fraction of sp³-hybridized carbons (Fsp3) is 0.130. The van der Waals surface area contributed by atoms with Gasteiger partial charge in [-0.3, -0.25) is 15.6 Å². The fourth-order valence-electron chi connectivity index (χ4n) is 2.64. The van der Waals surface area contributed by atoms with Crippen molar-refractivity contribution in [3.63, 3.8) is 0 Å². The van der Waals surface area contributed by atoms with Gasteiger partial charge in [-0.05, 0) is 59.7 Å². The van der Waals surface area contributed by atoms with Crippen LogP contribution in [0.2, 0.25) is 0 Å². The van der Waals surface area contributed by atoms with Gasteiger partial charge in [-0.1, -0.05) is 54.6 Å². The number of nitrogens with one attached hydrogen (secondary N) is 3. The minimum atomic E-state index is -0.272. The van der Waals surface area contributed by atoms with Crippen LogP contribution in [0.15, 0.2) is 78.9 Å². The van der Waals surface area contributed by atoms with Gasteiger partial charge < -0.3 is 10.1 Å². The van der Waals surface area contributed by atoms with Gasteiger partial charge in [0.05, 0.1) is 0 Å². The Bertz CT molecular complexity index is 1030. The maximum Gasteiger partial charge on any atom is 0.269 e. The summed E-state index contributed by atoms with van der Waals surface area (Å²) >= 11 is 5.08. The van der Waals surface area contributed by atoms with Crippen molar-refractivity contribution < 1.29 is 9.53 Å². The molecule has 3 rings (SSSR count). The molecule has 1 amide bonds. The molecular weight excluding hydrogens is 382 g/mol. The summed E-state index contributed by atoms with van der Waals surface area (Å²) in [6.07, 6.45) is 0. The molecule has 0 atom stereocenters. The lowest BCUT2D eigenvalue weighted by Gasteiger charge is -2.12. The Morgan fingerprint density at radius 1 is 1.00 bits per heavy atom. The lowest BCUT2D eigenvalue weighted by Crippen LogP contribution is -2.47. The van der Waals surface area contributed by atoms with Crippen LogP contribution < -0.4 is 20.9 Å². The minimum absolute atomic E-state index is 0.272. The molecule has 0 saturated heterocycles. The second-order valence-corrected chi connectivity index (χ2v) is 7.12. The van der Waals surface area contributed by atoms with E-state index in [-0.39, 0.29) is 5.91 Å². The third-order valence-electron chi connectivity index (χ3n) is 4.18. The van der Waals surface area contributed by atoms with Gasteiger partial charge in [-0.2, -0.15) is 0 Å². The Kier molecular flexibility index (Phi) is 6.81. The summed E-state index contributed by atoms with van der Waals surface area (Å²) < 4.78 is 5.88. The van der Waals surface area contributed by atoms with Crippen LogP contribution in [0.3, 0.4) is 0 Å². The molecule has 0 saturated carbocycles. The van der Waals surface area contributed by atoms with E-state index in [1.165, 1.54) is 5.39 Å². The van der Waals surface area contributed by atoms with E-state index in [1.54, 1.807) is 12.1 Å². The monoisotopic (exact) mass is 405 g/mol. The van der Waals surface area contributed by atoms with Gasteiger partial charge in [0.15, 0.2) is 5.11 Å². The number of hydrazine groups is 1. The maximum atomic E-state index is 12.2. The molecule has 3 N–H and O–H groups in total. The van der Waals surface area contributed by atoms with Crippen molar-refractivity contribution in [3.05, 3.63) is 90.0 Å². The van der Waals surface area contributed by atoms with Gasteiger partial charge in [0.25, 0.3) is 5.91 Å². The SMILES string of the molecule is C=C(C)CNC(=S)NNC(=O)c1ccc(COc2ccc3ccccc3c2)cc1. The molecule has 0 unspecified atom stereocenters. The van der Waals surface area contributed by atoms with E-state index < -0.39 is 0 Å². The van der Waals surface area contributed by atoms with E-state index in [0.29, 0.717) is 23.8 Å². The smallest absolute Gasteiger partial charge is 0.269 e. The molecule has 0 heterocycles. The molecule has 0 aliphatic heterocycles. The molecule has 148 valence electrons. The number of hydrogen-bond donors (Lipinski definition) is 3. The number of carbonyl (C=O) groups is 1. The van der Waals surface area contributed by atoms with Gasteiger partial charge in [0, 0.05) is 12.1 Å². The number of hydrogen-bond acceptors (Lipinski definition) is 3. The second-order valence-electron chi connectivity index (χ2n) is 6.71. The zero-order chi connectivity index (χ0) is 20.6. The molecule has 29 heavy (non-hydrogen) atoms. The molecule has 0 aromatic heterocycles. The Morgan fingerprint density at radius 3 is 2.45 bits per heavy atom. The Labute approximate surface area is 175 Å². The maximum absolute atomic E-state index is 12.2. The molecule has 5 nitrogen and oxygen atoms in total. The highest BCUT2D eigenvalue weighted by atomic mass is 32.1. The second kappa shape index (κ2) is 9.71. The van der Waals surface area contributed by atoms with Crippen molar-refractivity contribution in [2.75, 3.05) is 6.54 Å². The Hall–Kier alpha value is -3.38. The van der Waals surface area contributed by atoms with Crippen molar-refractivity contribution in [2.24, 2.45) is 0 Å². The first-order chi connectivity index (χ1) is 14.0. The molecule has 0 spiro atoms. The van der Waals surface area contributed by atoms with E-state index in [9.17, 15) is 4.79 Å². The number of ether oxygens (including phenoxy) is 1.